The van der Waals surface area contributed by atoms with E-state index >= 15 is 0 Å². The lowest BCUT2D eigenvalue weighted by Gasteiger charge is -2.29. The van der Waals surface area contributed by atoms with Crippen molar-refractivity contribution in [1.82, 2.24) is 10.2 Å². The van der Waals surface area contributed by atoms with Crippen molar-refractivity contribution >= 4 is 26.8 Å². The van der Waals surface area contributed by atoms with Crippen LogP contribution in [-0.2, 0) is 6.42 Å². The van der Waals surface area contributed by atoms with Gasteiger partial charge in [-0.2, -0.15) is 18.3 Å². The van der Waals surface area contributed by atoms with Crippen LogP contribution in [0.3, 0.4) is 0 Å². The molecule has 1 aromatic carbocycles. The largest absolute Gasteiger partial charge is 0.391 e. The molecule has 0 radical (unpaired) electrons. The number of nitrogens with one attached hydrogen (secondary N) is 1. The second-order valence-electron chi connectivity index (χ2n) is 5.83. The van der Waals surface area contributed by atoms with Gasteiger partial charge in [-0.3, -0.25) is 5.10 Å². The minimum atomic E-state index is -4.03. The summed E-state index contributed by atoms with van der Waals surface area (Å²) in [6, 6.07) is 5.90. The molecule has 0 spiro atoms. The predicted molar refractivity (Wildman–Crippen MR) is 79.0 cm³/mol. The smallest absolute Gasteiger partial charge is 0.281 e. The van der Waals surface area contributed by atoms with Gasteiger partial charge in [0.15, 0.2) is 0 Å². The number of rotatable bonds is 2. The molecule has 1 aliphatic carbocycles. The van der Waals surface area contributed by atoms with Crippen molar-refractivity contribution in [1.29, 1.82) is 0 Å². The Kier molecular flexibility index (Phi) is 3.99. The quantitative estimate of drug-likeness (QED) is 0.779. The molecule has 0 unspecified atom stereocenters. The second-order valence-corrected chi connectivity index (χ2v) is 6.74. The van der Waals surface area contributed by atoms with Gasteiger partial charge in [-0.25, -0.2) is 0 Å². The van der Waals surface area contributed by atoms with E-state index in [2.05, 4.69) is 26.1 Å². The van der Waals surface area contributed by atoms with E-state index in [1.807, 2.05) is 18.2 Å². The van der Waals surface area contributed by atoms with Crippen molar-refractivity contribution in [2.75, 3.05) is 0 Å². The number of hydrogen-bond acceptors (Lipinski definition) is 1. The van der Waals surface area contributed by atoms with Crippen molar-refractivity contribution in [3.05, 3.63) is 28.4 Å². The molecule has 0 amide bonds. The summed E-state index contributed by atoms with van der Waals surface area (Å²) in [5, 5.41) is 8.37. The Hall–Kier alpha value is -1.04. The Balaban J connectivity index is 1.67. The van der Waals surface area contributed by atoms with E-state index in [1.165, 1.54) is 0 Å². The standard InChI is InChI=1S/C15H16BrF3N2/c16-11-5-6-12-13(20-21-14(12)8-11)7-9-1-3-10(4-2-9)15(17,18)19/h5-6,8-10H,1-4,7H2,(H,20,21). The molecule has 6 heteroatoms. The van der Waals surface area contributed by atoms with Crippen LogP contribution in [0.15, 0.2) is 22.7 Å². The zero-order chi connectivity index (χ0) is 15.0. The Bertz CT molecular complexity index is 627. The molecule has 3 rings (SSSR count). The van der Waals surface area contributed by atoms with Crippen LogP contribution in [0.5, 0.6) is 0 Å². The van der Waals surface area contributed by atoms with E-state index in [1.54, 1.807) is 0 Å². The first-order valence-corrected chi connectivity index (χ1v) is 7.92. The topological polar surface area (TPSA) is 28.7 Å². The molecule has 0 atom stereocenters. The molecule has 2 nitrogen and oxygen atoms in total. The fraction of sp³-hybridized carbons (Fsp3) is 0.533. The summed E-state index contributed by atoms with van der Waals surface area (Å²) in [6.45, 7) is 0. The average molecular weight is 361 g/mol. The van der Waals surface area contributed by atoms with E-state index in [-0.39, 0.29) is 12.8 Å². The van der Waals surface area contributed by atoms with Gasteiger partial charge in [0.25, 0.3) is 0 Å². The second kappa shape index (κ2) is 5.63. The van der Waals surface area contributed by atoms with Gasteiger partial charge in [-0.05, 0) is 56.2 Å². The zero-order valence-electron chi connectivity index (χ0n) is 11.4. The highest BCUT2D eigenvalue weighted by Crippen LogP contribution is 2.40. The minimum Gasteiger partial charge on any atom is -0.281 e. The summed E-state index contributed by atoms with van der Waals surface area (Å²) in [7, 11) is 0. The molecule has 2 aromatic rings. The van der Waals surface area contributed by atoms with Crippen molar-refractivity contribution in [2.45, 2.75) is 38.3 Å². The number of benzene rings is 1. The maximum absolute atomic E-state index is 12.7. The lowest BCUT2D eigenvalue weighted by Crippen LogP contribution is -2.28. The van der Waals surface area contributed by atoms with Gasteiger partial charge in [-0.1, -0.05) is 15.9 Å². The van der Waals surface area contributed by atoms with Gasteiger partial charge >= 0.3 is 6.18 Å². The molecule has 1 heterocycles. The van der Waals surface area contributed by atoms with Crippen LogP contribution < -0.4 is 0 Å². The maximum Gasteiger partial charge on any atom is 0.391 e. The average Bonchev–Trinajstić information content (AvgIpc) is 2.80. The summed E-state index contributed by atoms with van der Waals surface area (Å²) >= 11 is 3.40. The molecule has 1 saturated carbocycles. The SMILES string of the molecule is FC(F)(F)C1CCC(Cc2[nH]nc3cc(Br)ccc23)CC1. The van der Waals surface area contributed by atoms with Crippen molar-refractivity contribution in [3.8, 4) is 0 Å². The zero-order valence-corrected chi connectivity index (χ0v) is 13.0. The first-order valence-electron chi connectivity index (χ1n) is 7.12. The lowest BCUT2D eigenvalue weighted by atomic mass is 9.79. The van der Waals surface area contributed by atoms with Gasteiger partial charge in [0.1, 0.15) is 0 Å². The molecule has 0 saturated heterocycles. The molecule has 0 bridgehead atoms. The number of nitrogens with zero attached hydrogens (tertiary/aromatic N) is 1. The van der Waals surface area contributed by atoms with Crippen LogP contribution in [0, 0.1) is 11.8 Å². The number of alkyl halides is 3. The fourth-order valence-electron chi connectivity index (χ4n) is 3.18. The van der Waals surface area contributed by atoms with Crippen LogP contribution in [0.1, 0.15) is 31.4 Å². The Morgan fingerprint density at radius 2 is 1.90 bits per heavy atom. The first kappa shape index (κ1) is 14.9. The van der Waals surface area contributed by atoms with Crippen molar-refractivity contribution in [2.24, 2.45) is 11.8 Å². The van der Waals surface area contributed by atoms with E-state index in [9.17, 15) is 13.2 Å². The van der Waals surface area contributed by atoms with Crippen molar-refractivity contribution < 1.29 is 13.2 Å². The number of hydrogen-bond donors (Lipinski definition) is 1. The number of halogens is 4. The molecule has 1 fully saturated rings. The van der Waals surface area contributed by atoms with Crippen LogP contribution in [0.25, 0.3) is 10.9 Å². The highest BCUT2D eigenvalue weighted by molar-refractivity contribution is 9.10. The summed E-state index contributed by atoms with van der Waals surface area (Å²) in [4.78, 5) is 0. The van der Waals surface area contributed by atoms with E-state index in [4.69, 9.17) is 0 Å². The Morgan fingerprint density at radius 1 is 1.19 bits per heavy atom. The lowest BCUT2D eigenvalue weighted by molar-refractivity contribution is -0.183. The summed E-state index contributed by atoms with van der Waals surface area (Å²) in [6.07, 6.45) is -1.46. The molecule has 0 aliphatic heterocycles. The summed E-state index contributed by atoms with van der Waals surface area (Å²) < 4.78 is 39.0. The third-order valence-corrected chi connectivity index (χ3v) is 4.89. The van der Waals surface area contributed by atoms with Gasteiger partial charge in [0.05, 0.1) is 11.4 Å². The number of H-pyrrole nitrogens is 1. The number of aromatic amines is 1. The van der Waals surface area contributed by atoms with Crippen LogP contribution >= 0.6 is 15.9 Å². The Morgan fingerprint density at radius 3 is 2.57 bits per heavy atom. The van der Waals surface area contributed by atoms with Gasteiger partial charge < -0.3 is 0 Å². The summed E-state index contributed by atoms with van der Waals surface area (Å²) in [5.74, 6) is -0.792. The highest BCUT2D eigenvalue weighted by atomic mass is 79.9. The van der Waals surface area contributed by atoms with Crippen LogP contribution in [0.4, 0.5) is 13.2 Å². The molecule has 1 aromatic heterocycles. The third-order valence-electron chi connectivity index (χ3n) is 4.40. The van der Waals surface area contributed by atoms with Crippen molar-refractivity contribution in [3.63, 3.8) is 0 Å². The fourth-order valence-corrected chi connectivity index (χ4v) is 3.53. The molecule has 1 aliphatic rings. The van der Waals surface area contributed by atoms with Crippen LogP contribution in [-0.4, -0.2) is 16.4 Å². The maximum atomic E-state index is 12.7. The normalized spacial score (nSPS) is 23.6. The monoisotopic (exact) mass is 360 g/mol. The van der Waals surface area contributed by atoms with E-state index < -0.39 is 12.1 Å². The molecule has 1 N–H and O–H groups in total. The summed E-state index contributed by atoms with van der Waals surface area (Å²) in [5.41, 5.74) is 1.93. The van der Waals surface area contributed by atoms with E-state index in [0.717, 1.165) is 27.5 Å². The molecule has 21 heavy (non-hydrogen) atoms. The van der Waals surface area contributed by atoms with Gasteiger partial charge in [0, 0.05) is 15.6 Å². The molecular weight excluding hydrogens is 345 g/mol. The minimum absolute atomic E-state index is 0.256. The number of aromatic nitrogens is 2. The number of fused-ring (bicyclic) bond motifs is 1. The van der Waals surface area contributed by atoms with Crippen LogP contribution in [0.2, 0.25) is 0 Å². The highest BCUT2D eigenvalue weighted by Gasteiger charge is 2.41. The Labute approximate surface area is 129 Å². The first-order chi connectivity index (χ1) is 9.93. The van der Waals surface area contributed by atoms with Gasteiger partial charge in [0.2, 0.25) is 0 Å². The molecular formula is C15H16BrF3N2. The molecule has 114 valence electrons. The predicted octanol–water partition coefficient (Wildman–Crippen LogP) is 5.24. The van der Waals surface area contributed by atoms with E-state index in [0.29, 0.717) is 18.8 Å². The third kappa shape index (κ3) is 3.25. The van der Waals surface area contributed by atoms with Gasteiger partial charge in [-0.15, -0.1) is 0 Å².